The molecule has 3 aromatic rings. The summed E-state index contributed by atoms with van der Waals surface area (Å²) in [5.41, 5.74) is 4.33. The van der Waals surface area contributed by atoms with Crippen LogP contribution in [0.15, 0.2) is 27.5 Å². The summed E-state index contributed by atoms with van der Waals surface area (Å²) in [6.45, 7) is 9.31. The Morgan fingerprint density at radius 3 is 2.26 bits per heavy atom. The number of aromatic nitrogens is 3. The third-order valence-corrected chi connectivity index (χ3v) is 6.22. The molecule has 0 amide bonds. The second-order valence-corrected chi connectivity index (χ2v) is 8.40. The van der Waals surface area contributed by atoms with Crippen molar-refractivity contribution in [3.63, 3.8) is 0 Å². The Hall–Kier alpha value is -2.61. The zero-order valence-electron chi connectivity index (χ0n) is 16.4. The van der Waals surface area contributed by atoms with Crippen LogP contribution in [-0.2, 0) is 23.5 Å². The van der Waals surface area contributed by atoms with Crippen LogP contribution in [0.4, 0.5) is 5.69 Å². The number of anilines is 1. The molecule has 2 heterocycles. The van der Waals surface area contributed by atoms with E-state index in [1.165, 1.54) is 0 Å². The zero-order valence-corrected chi connectivity index (χ0v) is 17.2. The fourth-order valence-electron chi connectivity index (χ4n) is 3.38. The molecule has 0 unspecified atom stereocenters. The number of nitrogens with one attached hydrogen (secondary N) is 1. The molecule has 8 heteroatoms. The van der Waals surface area contributed by atoms with Crippen molar-refractivity contribution in [2.24, 2.45) is 7.05 Å². The molecule has 0 aliphatic heterocycles. The summed E-state index contributed by atoms with van der Waals surface area (Å²) in [5.74, 6) is 0.837. The van der Waals surface area contributed by atoms with Crippen molar-refractivity contribution in [3.05, 3.63) is 46.5 Å². The van der Waals surface area contributed by atoms with Gasteiger partial charge in [-0.05, 0) is 51.0 Å². The molecule has 1 N–H and O–H groups in total. The van der Waals surface area contributed by atoms with Crippen LogP contribution in [0.3, 0.4) is 0 Å². The van der Waals surface area contributed by atoms with E-state index in [1.54, 1.807) is 25.5 Å². The predicted octanol–water partition coefficient (Wildman–Crippen LogP) is 3.67. The maximum atomic E-state index is 13.1. The van der Waals surface area contributed by atoms with Gasteiger partial charge < -0.3 is 8.98 Å². The fourth-order valence-corrected chi connectivity index (χ4v) is 4.94. The average Bonchev–Trinajstić information content (AvgIpc) is 3.09. The van der Waals surface area contributed by atoms with Crippen LogP contribution < -0.4 is 4.72 Å². The maximum absolute atomic E-state index is 13.1. The maximum Gasteiger partial charge on any atom is 0.264 e. The Labute approximate surface area is 159 Å². The first-order valence-electron chi connectivity index (χ1n) is 8.73. The molecule has 0 aliphatic carbocycles. The van der Waals surface area contributed by atoms with Gasteiger partial charge in [0.05, 0.1) is 0 Å². The van der Waals surface area contributed by atoms with Crippen LogP contribution in [0.25, 0.3) is 11.6 Å². The van der Waals surface area contributed by atoms with Crippen molar-refractivity contribution in [3.8, 4) is 11.6 Å². The molecule has 144 valence electrons. The Morgan fingerprint density at radius 2 is 1.70 bits per heavy atom. The van der Waals surface area contributed by atoms with E-state index in [4.69, 9.17) is 4.42 Å². The van der Waals surface area contributed by atoms with E-state index in [-0.39, 0.29) is 4.90 Å². The number of sulfonamides is 1. The summed E-state index contributed by atoms with van der Waals surface area (Å²) >= 11 is 0. The fraction of sp³-hybridized carbons (Fsp3) is 0.368. The predicted molar refractivity (Wildman–Crippen MR) is 104 cm³/mol. The highest BCUT2D eigenvalue weighted by atomic mass is 32.2. The smallest absolute Gasteiger partial charge is 0.264 e. The van der Waals surface area contributed by atoms with E-state index in [1.807, 2.05) is 39.0 Å². The minimum absolute atomic E-state index is 0.232. The molecule has 0 saturated heterocycles. The number of nitrogens with zero attached hydrogens (tertiary/aromatic N) is 3. The molecule has 3 rings (SSSR count). The first kappa shape index (κ1) is 19.2. The number of hydrogen-bond donors (Lipinski definition) is 1. The highest BCUT2D eigenvalue weighted by molar-refractivity contribution is 7.92. The molecule has 0 atom stereocenters. The van der Waals surface area contributed by atoms with E-state index in [0.29, 0.717) is 40.8 Å². The molecule has 0 fully saturated rings. The molecular formula is C19H24N4O3S. The number of benzene rings is 1. The second-order valence-electron chi connectivity index (χ2n) is 6.78. The van der Waals surface area contributed by atoms with Gasteiger partial charge in [0.25, 0.3) is 15.9 Å². The van der Waals surface area contributed by atoms with Crippen LogP contribution in [0.1, 0.15) is 35.2 Å². The van der Waals surface area contributed by atoms with Gasteiger partial charge in [-0.2, -0.15) is 0 Å². The van der Waals surface area contributed by atoms with Crippen LogP contribution >= 0.6 is 0 Å². The SMILES string of the molecule is CCc1nnc(-c2c(C)c(S(=O)(=O)Nc3cc(C)cc(C)c3)c(C)n2C)o1. The molecule has 0 saturated carbocycles. The monoisotopic (exact) mass is 388 g/mol. The lowest BCUT2D eigenvalue weighted by atomic mass is 10.1. The van der Waals surface area contributed by atoms with Gasteiger partial charge in [-0.3, -0.25) is 4.72 Å². The quantitative estimate of drug-likeness (QED) is 0.720. The molecule has 0 bridgehead atoms. The first-order valence-corrected chi connectivity index (χ1v) is 10.2. The molecule has 27 heavy (non-hydrogen) atoms. The molecule has 0 radical (unpaired) electrons. The van der Waals surface area contributed by atoms with Crippen molar-refractivity contribution in [2.75, 3.05) is 4.72 Å². The zero-order chi connectivity index (χ0) is 19.9. The molecule has 0 aliphatic rings. The Morgan fingerprint density at radius 1 is 1.07 bits per heavy atom. The van der Waals surface area contributed by atoms with Crippen molar-refractivity contribution in [2.45, 2.75) is 45.9 Å². The van der Waals surface area contributed by atoms with Gasteiger partial charge in [-0.15, -0.1) is 10.2 Å². The van der Waals surface area contributed by atoms with Crippen LogP contribution in [0, 0.1) is 27.7 Å². The van der Waals surface area contributed by atoms with Crippen LogP contribution in [0.2, 0.25) is 0 Å². The highest BCUT2D eigenvalue weighted by Gasteiger charge is 2.29. The largest absolute Gasteiger partial charge is 0.419 e. The van der Waals surface area contributed by atoms with E-state index in [0.717, 1.165) is 11.1 Å². The molecule has 1 aromatic carbocycles. The Balaban J connectivity index is 2.09. The average molecular weight is 388 g/mol. The molecule has 0 spiro atoms. The van der Waals surface area contributed by atoms with Gasteiger partial charge in [-0.1, -0.05) is 13.0 Å². The molecule has 2 aromatic heterocycles. The minimum atomic E-state index is -3.78. The lowest BCUT2D eigenvalue weighted by Gasteiger charge is -2.11. The number of hydrogen-bond acceptors (Lipinski definition) is 5. The van der Waals surface area contributed by atoms with Crippen molar-refractivity contribution >= 4 is 15.7 Å². The van der Waals surface area contributed by atoms with Gasteiger partial charge in [0.15, 0.2) is 0 Å². The van der Waals surface area contributed by atoms with Crippen LogP contribution in [0.5, 0.6) is 0 Å². The lowest BCUT2D eigenvalue weighted by Crippen LogP contribution is -2.15. The number of aryl methyl sites for hydroxylation is 3. The van der Waals surface area contributed by atoms with Gasteiger partial charge in [0.1, 0.15) is 10.6 Å². The van der Waals surface area contributed by atoms with Gasteiger partial charge in [0, 0.05) is 30.4 Å². The normalized spacial score (nSPS) is 11.8. The number of rotatable bonds is 5. The van der Waals surface area contributed by atoms with E-state index < -0.39 is 10.0 Å². The van der Waals surface area contributed by atoms with Crippen molar-refractivity contribution in [1.29, 1.82) is 0 Å². The third-order valence-electron chi connectivity index (χ3n) is 4.58. The molecular weight excluding hydrogens is 364 g/mol. The lowest BCUT2D eigenvalue weighted by molar-refractivity contribution is 0.508. The Bertz CT molecular complexity index is 1090. The molecule has 7 nitrogen and oxygen atoms in total. The summed E-state index contributed by atoms with van der Waals surface area (Å²) in [6.07, 6.45) is 0.620. The summed E-state index contributed by atoms with van der Waals surface area (Å²) in [6, 6.07) is 5.62. The summed E-state index contributed by atoms with van der Waals surface area (Å²) < 4.78 is 36.4. The van der Waals surface area contributed by atoms with Crippen molar-refractivity contribution in [1.82, 2.24) is 14.8 Å². The third kappa shape index (κ3) is 3.49. The van der Waals surface area contributed by atoms with Gasteiger partial charge >= 0.3 is 0 Å². The standard InChI is InChI=1S/C19H24N4O3S/c1-7-16-20-21-19(26-16)17-13(4)18(14(5)23(17)6)27(24,25)22-15-9-11(2)8-12(3)10-15/h8-10,22H,7H2,1-6H3. The minimum Gasteiger partial charge on any atom is -0.419 e. The summed E-state index contributed by atoms with van der Waals surface area (Å²) in [4.78, 5) is 0.232. The van der Waals surface area contributed by atoms with E-state index >= 15 is 0 Å². The van der Waals surface area contributed by atoms with E-state index in [9.17, 15) is 8.42 Å². The second kappa shape index (κ2) is 6.84. The first-order chi connectivity index (χ1) is 12.6. The van der Waals surface area contributed by atoms with E-state index in [2.05, 4.69) is 14.9 Å². The van der Waals surface area contributed by atoms with Crippen LogP contribution in [-0.4, -0.2) is 23.2 Å². The summed E-state index contributed by atoms with van der Waals surface area (Å²) in [5, 5.41) is 8.06. The van der Waals surface area contributed by atoms with Gasteiger partial charge in [0.2, 0.25) is 5.89 Å². The Kier molecular flexibility index (Phi) is 4.86. The topological polar surface area (TPSA) is 90.0 Å². The highest BCUT2D eigenvalue weighted by Crippen LogP contribution is 2.33. The van der Waals surface area contributed by atoms with Crippen molar-refractivity contribution < 1.29 is 12.8 Å². The summed E-state index contributed by atoms with van der Waals surface area (Å²) in [7, 11) is -1.98. The van der Waals surface area contributed by atoms with Gasteiger partial charge in [-0.25, -0.2) is 8.42 Å².